The van der Waals surface area contributed by atoms with Gasteiger partial charge in [0.15, 0.2) is 0 Å². The molecule has 1 fully saturated rings. The molecule has 0 amide bonds. The number of pyridine rings is 1. The van der Waals surface area contributed by atoms with Crippen LogP contribution in [0, 0.1) is 6.92 Å². The second-order valence-corrected chi connectivity index (χ2v) is 8.68. The van der Waals surface area contributed by atoms with Crippen LogP contribution in [0.15, 0.2) is 24.4 Å². The third kappa shape index (κ3) is 2.48. The Bertz CT molecular complexity index is 865. The first kappa shape index (κ1) is 17.1. The van der Waals surface area contributed by atoms with Crippen LogP contribution in [0.4, 0.5) is 5.69 Å². The second kappa shape index (κ2) is 5.60. The van der Waals surface area contributed by atoms with Crippen molar-refractivity contribution in [2.45, 2.75) is 51.2 Å². The maximum Gasteiger partial charge on any atom is 0.132 e. The van der Waals surface area contributed by atoms with Crippen molar-refractivity contribution in [2.75, 3.05) is 11.9 Å². The average molecular weight is 377 g/mol. The highest BCUT2D eigenvalue weighted by Gasteiger charge is 2.53. The van der Waals surface area contributed by atoms with Gasteiger partial charge >= 0.3 is 0 Å². The van der Waals surface area contributed by atoms with E-state index in [0.717, 1.165) is 35.4 Å². The first-order valence-electron chi connectivity index (χ1n) is 8.59. The van der Waals surface area contributed by atoms with Crippen LogP contribution in [0.3, 0.4) is 0 Å². The number of hydrogen-bond acceptors (Lipinski definition) is 3. The summed E-state index contributed by atoms with van der Waals surface area (Å²) in [5.41, 5.74) is 5.15. The number of benzene rings is 1. The van der Waals surface area contributed by atoms with Crippen molar-refractivity contribution in [2.24, 2.45) is 0 Å². The topological polar surface area (TPSA) is 34.1 Å². The number of halogens is 2. The van der Waals surface area contributed by atoms with E-state index in [1.54, 1.807) is 6.20 Å². The first-order valence-corrected chi connectivity index (χ1v) is 9.35. The molecule has 1 aromatic carbocycles. The molecule has 2 unspecified atom stereocenters. The molecule has 1 aromatic heterocycles. The Hall–Kier alpha value is -1.29. The van der Waals surface area contributed by atoms with Gasteiger partial charge in [0.2, 0.25) is 0 Å². The van der Waals surface area contributed by atoms with E-state index >= 15 is 0 Å². The number of nitrogens with one attached hydrogen (secondary N) is 1. The molecule has 2 aromatic rings. The van der Waals surface area contributed by atoms with Crippen molar-refractivity contribution in [1.82, 2.24) is 4.98 Å². The lowest BCUT2D eigenvalue weighted by atomic mass is 9.66. The van der Waals surface area contributed by atoms with Gasteiger partial charge in [0.25, 0.3) is 0 Å². The Morgan fingerprint density at radius 1 is 1.20 bits per heavy atom. The molecular formula is C20H22Cl2N2O. The Labute approximate surface area is 158 Å². The summed E-state index contributed by atoms with van der Waals surface area (Å²) in [6, 6.07) is 6.22. The quantitative estimate of drug-likeness (QED) is 0.656. The molecule has 0 spiro atoms. The summed E-state index contributed by atoms with van der Waals surface area (Å²) in [7, 11) is 0. The van der Waals surface area contributed by atoms with Gasteiger partial charge in [-0.1, -0.05) is 30.1 Å². The van der Waals surface area contributed by atoms with Gasteiger partial charge in [0, 0.05) is 29.5 Å². The average Bonchev–Trinajstić information content (AvgIpc) is 2.94. The van der Waals surface area contributed by atoms with Gasteiger partial charge < -0.3 is 10.1 Å². The maximum absolute atomic E-state index is 6.67. The molecule has 0 aliphatic carbocycles. The van der Waals surface area contributed by atoms with Crippen molar-refractivity contribution in [3.63, 3.8) is 0 Å². The normalized spacial score (nSPS) is 26.7. The summed E-state index contributed by atoms with van der Waals surface area (Å²) in [5, 5.41) is 4.86. The molecule has 2 atom stereocenters. The molecular weight excluding hydrogens is 355 g/mol. The zero-order chi connectivity index (χ0) is 18.0. The second-order valence-electron chi connectivity index (χ2n) is 7.92. The first-order chi connectivity index (χ1) is 11.7. The zero-order valence-electron chi connectivity index (χ0n) is 14.9. The summed E-state index contributed by atoms with van der Waals surface area (Å²) >= 11 is 12.9. The lowest BCUT2D eigenvalue weighted by Crippen LogP contribution is -2.56. The minimum Gasteiger partial charge on any atom is -0.377 e. The third-order valence-corrected chi connectivity index (χ3v) is 6.45. The lowest BCUT2D eigenvalue weighted by molar-refractivity contribution is 0.0353. The molecule has 1 N–H and O–H groups in total. The minimum atomic E-state index is -0.140. The van der Waals surface area contributed by atoms with Gasteiger partial charge in [0.05, 0.1) is 16.7 Å². The van der Waals surface area contributed by atoms with Crippen LogP contribution < -0.4 is 5.32 Å². The molecule has 3 nitrogen and oxygen atoms in total. The Balaban J connectivity index is 1.94. The largest absolute Gasteiger partial charge is 0.377 e. The molecule has 4 rings (SSSR count). The Kier molecular flexibility index (Phi) is 3.84. The number of rotatable bonds is 1. The number of anilines is 1. The van der Waals surface area contributed by atoms with Gasteiger partial charge in [-0.3, -0.25) is 0 Å². The van der Waals surface area contributed by atoms with E-state index in [0.29, 0.717) is 10.2 Å². The van der Waals surface area contributed by atoms with Gasteiger partial charge in [0.1, 0.15) is 5.15 Å². The predicted octanol–water partition coefficient (Wildman–Crippen LogP) is 5.61. The number of ether oxygens (including phenoxy) is 1. The van der Waals surface area contributed by atoms with Crippen molar-refractivity contribution in [3.8, 4) is 11.1 Å². The summed E-state index contributed by atoms with van der Waals surface area (Å²) in [6.45, 7) is 9.45. The van der Waals surface area contributed by atoms with Crippen LogP contribution in [-0.4, -0.2) is 23.2 Å². The van der Waals surface area contributed by atoms with Crippen molar-refractivity contribution in [3.05, 3.63) is 45.7 Å². The van der Waals surface area contributed by atoms with E-state index in [1.807, 2.05) is 19.1 Å². The maximum atomic E-state index is 6.67. The highest BCUT2D eigenvalue weighted by Crippen LogP contribution is 2.52. The number of aromatic nitrogens is 1. The van der Waals surface area contributed by atoms with E-state index in [2.05, 4.69) is 37.1 Å². The number of nitrogens with zero attached hydrogens (tertiary/aromatic N) is 1. The van der Waals surface area contributed by atoms with Crippen LogP contribution in [0.5, 0.6) is 0 Å². The van der Waals surface area contributed by atoms with Gasteiger partial charge in [-0.25, -0.2) is 4.98 Å². The SMILES string of the molecule is Cc1c(-c2cc3c(cc2Cl)NC(C)(C)C2OCCC32C)ccnc1Cl. The molecule has 1 saturated heterocycles. The smallest absolute Gasteiger partial charge is 0.132 e. The van der Waals surface area contributed by atoms with E-state index in [4.69, 9.17) is 27.9 Å². The summed E-state index contributed by atoms with van der Waals surface area (Å²) in [5.74, 6) is 0. The summed E-state index contributed by atoms with van der Waals surface area (Å²) in [4.78, 5) is 4.16. The van der Waals surface area contributed by atoms with Crippen LogP contribution in [0.25, 0.3) is 11.1 Å². The van der Waals surface area contributed by atoms with Crippen molar-refractivity contribution < 1.29 is 4.74 Å². The summed E-state index contributed by atoms with van der Waals surface area (Å²) < 4.78 is 6.12. The van der Waals surface area contributed by atoms with Crippen LogP contribution in [-0.2, 0) is 10.2 Å². The molecule has 2 aliphatic heterocycles. The van der Waals surface area contributed by atoms with Crippen LogP contribution in [0.2, 0.25) is 10.2 Å². The highest BCUT2D eigenvalue weighted by atomic mass is 35.5. The van der Waals surface area contributed by atoms with Gasteiger partial charge in [-0.15, -0.1) is 0 Å². The third-order valence-electron chi connectivity index (χ3n) is 5.75. The predicted molar refractivity (Wildman–Crippen MR) is 104 cm³/mol. The van der Waals surface area contributed by atoms with Gasteiger partial charge in [-0.05, 0) is 62.1 Å². The molecule has 25 heavy (non-hydrogen) atoms. The molecule has 0 bridgehead atoms. The molecule has 3 heterocycles. The van der Waals surface area contributed by atoms with Gasteiger partial charge in [-0.2, -0.15) is 0 Å². The van der Waals surface area contributed by atoms with E-state index in [9.17, 15) is 0 Å². The standard InChI is InChI=1S/C20H22Cl2N2O/c1-11-12(5-7-23-17(11)22)13-9-14-16(10-15(13)21)24-19(2,3)18-20(14,4)6-8-25-18/h5,7,9-10,18,24H,6,8H2,1-4H3. The molecule has 132 valence electrons. The van der Waals surface area contributed by atoms with Crippen molar-refractivity contribution >= 4 is 28.9 Å². The number of hydrogen-bond donors (Lipinski definition) is 1. The fourth-order valence-electron chi connectivity index (χ4n) is 4.55. The van der Waals surface area contributed by atoms with E-state index in [1.165, 1.54) is 5.56 Å². The van der Waals surface area contributed by atoms with E-state index in [-0.39, 0.29) is 17.1 Å². The van der Waals surface area contributed by atoms with Crippen LogP contribution >= 0.6 is 23.2 Å². The highest BCUT2D eigenvalue weighted by molar-refractivity contribution is 6.34. The molecule has 2 aliphatic rings. The fourth-order valence-corrected chi connectivity index (χ4v) is 4.98. The zero-order valence-corrected chi connectivity index (χ0v) is 16.4. The lowest BCUT2D eigenvalue weighted by Gasteiger charge is -2.48. The Morgan fingerprint density at radius 2 is 1.96 bits per heavy atom. The Morgan fingerprint density at radius 3 is 2.72 bits per heavy atom. The van der Waals surface area contributed by atoms with Crippen molar-refractivity contribution in [1.29, 1.82) is 0 Å². The number of fused-ring (bicyclic) bond motifs is 3. The molecule has 0 radical (unpaired) electrons. The fraction of sp³-hybridized carbons (Fsp3) is 0.450. The monoisotopic (exact) mass is 376 g/mol. The van der Waals surface area contributed by atoms with E-state index < -0.39 is 0 Å². The van der Waals surface area contributed by atoms with Crippen LogP contribution in [0.1, 0.15) is 38.3 Å². The minimum absolute atomic E-state index is 0.0336. The summed E-state index contributed by atoms with van der Waals surface area (Å²) in [6.07, 6.45) is 2.86. The molecule has 0 saturated carbocycles. The molecule has 5 heteroatoms.